The number of benzene rings is 1. The van der Waals surface area contributed by atoms with E-state index in [0.29, 0.717) is 6.04 Å². The Bertz CT molecular complexity index is 323. The van der Waals surface area contributed by atoms with Crippen LogP contribution in [0.3, 0.4) is 0 Å². The van der Waals surface area contributed by atoms with Gasteiger partial charge in [-0.05, 0) is 50.7 Å². The first-order valence-corrected chi connectivity index (χ1v) is 5.88. The van der Waals surface area contributed by atoms with Gasteiger partial charge in [-0.3, -0.25) is 0 Å². The molecule has 1 aliphatic heterocycles. The molecule has 1 heterocycles. The van der Waals surface area contributed by atoms with Crippen molar-refractivity contribution in [3.8, 4) is 5.75 Å². The van der Waals surface area contributed by atoms with E-state index in [1.165, 1.54) is 25.1 Å². The van der Waals surface area contributed by atoms with Gasteiger partial charge in [0.25, 0.3) is 0 Å². The molecule has 1 N–H and O–H groups in total. The maximum atomic E-state index is 5.13. The molecule has 88 valence electrons. The second kappa shape index (κ2) is 5.21. The van der Waals surface area contributed by atoms with Crippen LogP contribution in [-0.4, -0.2) is 38.2 Å². The van der Waals surface area contributed by atoms with E-state index in [0.717, 1.165) is 12.3 Å². The molecular formula is C13H20N2O. The highest BCUT2D eigenvalue weighted by atomic mass is 16.5. The summed E-state index contributed by atoms with van der Waals surface area (Å²) in [5, 5.41) is 3.47. The fourth-order valence-electron chi connectivity index (χ4n) is 2.18. The largest absolute Gasteiger partial charge is 0.497 e. The van der Waals surface area contributed by atoms with Gasteiger partial charge in [0.2, 0.25) is 0 Å². The van der Waals surface area contributed by atoms with Crippen LogP contribution in [0.2, 0.25) is 0 Å². The molecule has 1 unspecified atom stereocenters. The van der Waals surface area contributed by atoms with Crippen LogP contribution < -0.4 is 10.1 Å². The summed E-state index contributed by atoms with van der Waals surface area (Å²) in [7, 11) is 3.89. The van der Waals surface area contributed by atoms with E-state index in [1.54, 1.807) is 7.11 Å². The van der Waals surface area contributed by atoms with Gasteiger partial charge >= 0.3 is 0 Å². The predicted octanol–water partition coefficient (Wildman–Crippen LogP) is 2.20. The van der Waals surface area contributed by atoms with Crippen molar-refractivity contribution < 1.29 is 4.74 Å². The summed E-state index contributed by atoms with van der Waals surface area (Å²) in [4.78, 5) is 2.43. The maximum absolute atomic E-state index is 5.13. The van der Waals surface area contributed by atoms with Crippen molar-refractivity contribution in [1.82, 2.24) is 4.90 Å². The first-order chi connectivity index (χ1) is 7.79. The second-order valence-electron chi connectivity index (χ2n) is 4.39. The van der Waals surface area contributed by atoms with E-state index in [1.807, 2.05) is 12.1 Å². The van der Waals surface area contributed by atoms with Crippen molar-refractivity contribution in [2.45, 2.75) is 18.9 Å². The molecule has 16 heavy (non-hydrogen) atoms. The van der Waals surface area contributed by atoms with Crippen molar-refractivity contribution in [1.29, 1.82) is 0 Å². The minimum atomic E-state index is 0.683. The molecule has 3 nitrogen and oxygen atoms in total. The van der Waals surface area contributed by atoms with Gasteiger partial charge in [0.05, 0.1) is 7.11 Å². The van der Waals surface area contributed by atoms with Crippen LogP contribution in [-0.2, 0) is 0 Å². The molecule has 1 aromatic rings. The Morgan fingerprint density at radius 2 is 2.12 bits per heavy atom. The zero-order valence-electron chi connectivity index (χ0n) is 10.1. The average Bonchev–Trinajstić information content (AvgIpc) is 2.73. The molecule has 0 bridgehead atoms. The molecule has 3 heteroatoms. The third-order valence-electron chi connectivity index (χ3n) is 3.30. The fourth-order valence-corrected chi connectivity index (χ4v) is 2.18. The average molecular weight is 220 g/mol. The molecule has 0 aromatic heterocycles. The van der Waals surface area contributed by atoms with Crippen molar-refractivity contribution >= 4 is 5.69 Å². The Hall–Kier alpha value is -1.22. The van der Waals surface area contributed by atoms with E-state index < -0.39 is 0 Å². The number of hydrogen-bond acceptors (Lipinski definition) is 3. The SMILES string of the molecule is COc1ccc(NCC2CCCN2C)cc1. The number of anilines is 1. The number of ether oxygens (including phenoxy) is 1. The summed E-state index contributed by atoms with van der Waals surface area (Å²) < 4.78 is 5.13. The summed E-state index contributed by atoms with van der Waals surface area (Å²) in [6.45, 7) is 2.26. The van der Waals surface area contributed by atoms with Crippen LogP contribution in [0.25, 0.3) is 0 Å². The summed E-state index contributed by atoms with van der Waals surface area (Å²) in [5.41, 5.74) is 1.17. The molecule has 1 saturated heterocycles. The van der Waals surface area contributed by atoms with Crippen molar-refractivity contribution in [3.05, 3.63) is 24.3 Å². The molecular weight excluding hydrogens is 200 g/mol. The quantitative estimate of drug-likeness (QED) is 0.842. The summed E-state index contributed by atoms with van der Waals surface area (Å²) in [5.74, 6) is 0.906. The highest BCUT2D eigenvalue weighted by Crippen LogP contribution is 2.18. The zero-order chi connectivity index (χ0) is 11.4. The van der Waals surface area contributed by atoms with Crippen LogP contribution in [0, 0.1) is 0 Å². The van der Waals surface area contributed by atoms with E-state index in [9.17, 15) is 0 Å². The lowest BCUT2D eigenvalue weighted by Crippen LogP contribution is -2.31. The van der Waals surface area contributed by atoms with Gasteiger partial charge in [0.15, 0.2) is 0 Å². The molecule has 0 aliphatic carbocycles. The van der Waals surface area contributed by atoms with Gasteiger partial charge in [-0.2, -0.15) is 0 Å². The van der Waals surface area contributed by atoms with Crippen molar-refractivity contribution in [2.75, 3.05) is 32.6 Å². The van der Waals surface area contributed by atoms with E-state index >= 15 is 0 Å². The Morgan fingerprint density at radius 3 is 2.69 bits per heavy atom. The van der Waals surface area contributed by atoms with Crippen molar-refractivity contribution in [3.63, 3.8) is 0 Å². The number of nitrogens with zero attached hydrogens (tertiary/aromatic N) is 1. The summed E-state index contributed by atoms with van der Waals surface area (Å²) >= 11 is 0. The number of likely N-dealkylation sites (tertiary alicyclic amines) is 1. The Labute approximate surface area is 97.4 Å². The molecule has 1 aromatic carbocycles. The molecule has 1 fully saturated rings. The van der Waals surface area contributed by atoms with Gasteiger partial charge in [-0.1, -0.05) is 0 Å². The third-order valence-corrected chi connectivity index (χ3v) is 3.30. The minimum absolute atomic E-state index is 0.683. The van der Waals surface area contributed by atoms with Gasteiger partial charge in [0, 0.05) is 18.3 Å². The van der Waals surface area contributed by atoms with Gasteiger partial charge in [-0.15, -0.1) is 0 Å². The van der Waals surface area contributed by atoms with Crippen LogP contribution in [0.15, 0.2) is 24.3 Å². The van der Waals surface area contributed by atoms with Crippen LogP contribution in [0.1, 0.15) is 12.8 Å². The molecule has 1 aliphatic rings. The number of hydrogen-bond donors (Lipinski definition) is 1. The van der Waals surface area contributed by atoms with Crippen LogP contribution in [0.4, 0.5) is 5.69 Å². The van der Waals surface area contributed by atoms with E-state index in [4.69, 9.17) is 4.74 Å². The number of nitrogens with one attached hydrogen (secondary N) is 1. The lowest BCUT2D eigenvalue weighted by atomic mass is 10.2. The molecule has 0 saturated carbocycles. The minimum Gasteiger partial charge on any atom is -0.497 e. The Morgan fingerprint density at radius 1 is 1.38 bits per heavy atom. The lowest BCUT2D eigenvalue weighted by Gasteiger charge is -2.20. The topological polar surface area (TPSA) is 24.5 Å². The zero-order valence-corrected chi connectivity index (χ0v) is 10.1. The summed E-state index contributed by atoms with van der Waals surface area (Å²) in [6, 6.07) is 8.78. The van der Waals surface area contributed by atoms with Crippen LogP contribution >= 0.6 is 0 Å². The molecule has 0 amide bonds. The summed E-state index contributed by atoms with van der Waals surface area (Å²) in [6.07, 6.45) is 2.63. The Kier molecular flexibility index (Phi) is 3.67. The van der Waals surface area contributed by atoms with E-state index in [2.05, 4.69) is 29.4 Å². The Balaban J connectivity index is 1.84. The normalized spacial score (nSPS) is 21.0. The predicted molar refractivity (Wildman–Crippen MR) is 67.1 cm³/mol. The second-order valence-corrected chi connectivity index (χ2v) is 4.39. The first kappa shape index (κ1) is 11.3. The molecule has 1 atom stereocenters. The van der Waals surface area contributed by atoms with Gasteiger partial charge < -0.3 is 15.0 Å². The molecule has 0 radical (unpaired) electrons. The maximum Gasteiger partial charge on any atom is 0.119 e. The van der Waals surface area contributed by atoms with Crippen LogP contribution in [0.5, 0.6) is 5.75 Å². The molecule has 0 spiro atoms. The fraction of sp³-hybridized carbons (Fsp3) is 0.538. The smallest absolute Gasteiger partial charge is 0.119 e. The van der Waals surface area contributed by atoms with Gasteiger partial charge in [0.1, 0.15) is 5.75 Å². The van der Waals surface area contributed by atoms with Gasteiger partial charge in [-0.25, -0.2) is 0 Å². The van der Waals surface area contributed by atoms with Crippen molar-refractivity contribution in [2.24, 2.45) is 0 Å². The highest BCUT2D eigenvalue weighted by molar-refractivity contribution is 5.46. The lowest BCUT2D eigenvalue weighted by molar-refractivity contribution is 0.322. The monoisotopic (exact) mass is 220 g/mol. The first-order valence-electron chi connectivity index (χ1n) is 5.88. The standard InChI is InChI=1S/C13H20N2O/c1-15-9-3-4-12(15)10-14-11-5-7-13(16-2)8-6-11/h5-8,12,14H,3-4,9-10H2,1-2H3. The number of rotatable bonds is 4. The van der Waals surface area contributed by atoms with E-state index in [-0.39, 0.29) is 0 Å². The highest BCUT2D eigenvalue weighted by Gasteiger charge is 2.19. The number of methoxy groups -OCH3 is 1. The number of likely N-dealkylation sites (N-methyl/N-ethyl adjacent to an activating group) is 1. The molecule has 2 rings (SSSR count). The third kappa shape index (κ3) is 2.67.